The maximum absolute atomic E-state index is 15.5. The van der Waals surface area contributed by atoms with E-state index in [0.29, 0.717) is 206 Å². The van der Waals surface area contributed by atoms with Gasteiger partial charge in [-0.3, -0.25) is 14.5 Å². The molecule has 494 valence electrons. The fourth-order valence-electron chi connectivity index (χ4n) is 8.70. The van der Waals surface area contributed by atoms with Gasteiger partial charge >= 0.3 is 6.18 Å². The number of nitrogens with zero attached hydrogens (tertiary/aromatic N) is 4. The van der Waals surface area contributed by atoms with Crippen LogP contribution in [0, 0.1) is 11.7 Å². The number of anilines is 1. The van der Waals surface area contributed by atoms with Crippen LogP contribution in [0.3, 0.4) is 0 Å². The molecule has 2 aromatic heterocycles. The minimum atomic E-state index is -4.58. The number of pyridine rings is 1. The van der Waals surface area contributed by atoms with Gasteiger partial charge in [-0.15, -0.1) is 10.2 Å². The highest BCUT2D eigenvalue weighted by Crippen LogP contribution is 2.41. The van der Waals surface area contributed by atoms with Gasteiger partial charge in [-0.05, 0) is 90.9 Å². The average Bonchev–Trinajstić information content (AvgIpc) is 1.34. The van der Waals surface area contributed by atoms with Crippen LogP contribution in [0.4, 0.5) is 22.7 Å². The van der Waals surface area contributed by atoms with E-state index in [1.807, 2.05) is 4.90 Å². The Hall–Kier alpha value is -5.12. The summed E-state index contributed by atoms with van der Waals surface area (Å²) in [5, 5.41) is 10.3. The van der Waals surface area contributed by atoms with Crippen molar-refractivity contribution in [2.75, 3.05) is 183 Å². The third-order valence-corrected chi connectivity index (χ3v) is 15.7. The first-order chi connectivity index (χ1) is 43.3. The number of alkyl halides is 3. The van der Waals surface area contributed by atoms with E-state index >= 15 is 4.39 Å². The van der Waals surface area contributed by atoms with Gasteiger partial charge in [-0.25, -0.2) is 12.8 Å². The van der Waals surface area contributed by atoms with Crippen LogP contribution in [0.25, 0.3) is 22.3 Å². The zero-order chi connectivity index (χ0) is 63.2. The maximum Gasteiger partial charge on any atom is 0.416 e. The second-order valence-corrected chi connectivity index (χ2v) is 22.6. The smallest absolute Gasteiger partial charge is 0.416 e. The van der Waals surface area contributed by atoms with Gasteiger partial charge in [0.05, 0.1) is 175 Å². The summed E-state index contributed by atoms with van der Waals surface area (Å²) in [6, 6.07) is 14.9. The number of carbonyl (C=O) groups excluding carboxylic acids is 1. The number of carbonyl (C=O) groups is 1. The van der Waals surface area contributed by atoms with Crippen LogP contribution >= 0.6 is 22.9 Å². The van der Waals surface area contributed by atoms with Gasteiger partial charge in [-0.2, -0.15) is 13.2 Å². The van der Waals surface area contributed by atoms with Gasteiger partial charge in [0.25, 0.3) is 10.0 Å². The molecule has 22 nitrogen and oxygen atoms in total. The predicted molar refractivity (Wildman–Crippen MR) is 323 cm³/mol. The highest BCUT2D eigenvalue weighted by atomic mass is 35.5. The van der Waals surface area contributed by atoms with E-state index in [-0.39, 0.29) is 39.5 Å². The van der Waals surface area contributed by atoms with Crippen molar-refractivity contribution in [2.45, 2.75) is 43.3 Å². The number of hydrogen-bond donors (Lipinski definition) is 2. The van der Waals surface area contributed by atoms with Gasteiger partial charge in [0.1, 0.15) is 27.7 Å². The van der Waals surface area contributed by atoms with Crippen molar-refractivity contribution in [2.24, 2.45) is 5.92 Å². The first kappa shape index (κ1) is 72.9. The molecule has 0 unspecified atom stereocenters. The predicted octanol–water partition coefficient (Wildman–Crippen LogP) is 8.61. The molecule has 2 N–H and O–H groups in total. The van der Waals surface area contributed by atoms with Crippen LogP contribution < -0.4 is 14.8 Å². The van der Waals surface area contributed by atoms with Gasteiger partial charge in [-0.1, -0.05) is 41.1 Å². The molecule has 1 amide bonds. The number of sulfonamides is 1. The molecule has 89 heavy (non-hydrogen) atoms. The van der Waals surface area contributed by atoms with Crippen LogP contribution in [0.1, 0.15) is 36.9 Å². The molecule has 0 radical (unpaired) electrons. The number of rotatable bonds is 48. The third-order valence-electron chi connectivity index (χ3n) is 13.3. The summed E-state index contributed by atoms with van der Waals surface area (Å²) in [5.74, 6) is -0.755. The summed E-state index contributed by atoms with van der Waals surface area (Å²) in [4.78, 5) is 18.6. The molecule has 0 atom stereocenters. The van der Waals surface area contributed by atoms with Crippen LogP contribution in [0.15, 0.2) is 83.3 Å². The Bertz CT molecular complexity index is 2890. The lowest BCUT2D eigenvalue weighted by molar-refractivity contribution is -0.137. The number of amides is 1. The number of nitrogens with one attached hydrogen (secondary N) is 2. The zero-order valence-corrected chi connectivity index (χ0v) is 52.4. The molecule has 6 rings (SSSR count). The van der Waals surface area contributed by atoms with E-state index < -0.39 is 32.5 Å². The second-order valence-electron chi connectivity index (χ2n) is 19.8. The lowest BCUT2D eigenvalue weighted by atomic mass is 9.93. The quantitative estimate of drug-likeness (QED) is 0.0274. The van der Waals surface area contributed by atoms with E-state index in [9.17, 15) is 26.4 Å². The molecular weight excluding hydrogens is 1240 g/mol. The van der Waals surface area contributed by atoms with Crippen molar-refractivity contribution in [1.29, 1.82) is 0 Å². The summed E-state index contributed by atoms with van der Waals surface area (Å²) in [5.41, 5.74) is 2.85. The molecule has 1 fully saturated rings. The van der Waals surface area contributed by atoms with E-state index in [2.05, 4.69) is 25.2 Å². The highest BCUT2D eigenvalue weighted by molar-refractivity contribution is 7.93. The first-order valence-electron chi connectivity index (χ1n) is 29.4. The Labute approximate surface area is 526 Å². The van der Waals surface area contributed by atoms with Gasteiger partial charge in [0.15, 0.2) is 0 Å². The van der Waals surface area contributed by atoms with Gasteiger partial charge in [0.2, 0.25) is 11.0 Å². The Morgan fingerprint density at radius 3 is 1.70 bits per heavy atom. The van der Waals surface area contributed by atoms with Crippen molar-refractivity contribution in [3.63, 3.8) is 0 Å². The fourth-order valence-corrected chi connectivity index (χ4v) is 10.7. The topological polar surface area (TPSA) is 237 Å². The lowest BCUT2D eigenvalue weighted by Gasteiger charge is -2.32. The molecule has 3 heterocycles. The van der Waals surface area contributed by atoms with Crippen molar-refractivity contribution < 1.29 is 92.4 Å². The number of hydrogen-bond acceptors (Lipinski definition) is 21. The molecule has 1 saturated heterocycles. The Morgan fingerprint density at radius 1 is 0.652 bits per heavy atom. The lowest BCUT2D eigenvalue weighted by Crippen LogP contribution is -2.39. The summed E-state index contributed by atoms with van der Waals surface area (Å²) < 4.78 is 157. The molecule has 0 spiro atoms. The monoisotopic (exact) mass is 1320 g/mol. The van der Waals surface area contributed by atoms with Gasteiger partial charge in [0, 0.05) is 44.6 Å². The Kier molecular flexibility index (Phi) is 34.5. The van der Waals surface area contributed by atoms with Crippen molar-refractivity contribution in [1.82, 2.24) is 25.4 Å². The first-order valence-corrected chi connectivity index (χ1v) is 32.1. The minimum absolute atomic E-state index is 0.0564. The largest absolute Gasteiger partial charge is 0.455 e. The summed E-state index contributed by atoms with van der Waals surface area (Å²) in [6.07, 6.45) is -0.0741. The number of benzene rings is 3. The van der Waals surface area contributed by atoms with E-state index in [0.717, 1.165) is 54.9 Å². The third kappa shape index (κ3) is 28.5. The number of piperidine rings is 1. The highest BCUT2D eigenvalue weighted by Gasteiger charge is 2.31. The molecular formula is C60H81ClF4N6O16S2. The van der Waals surface area contributed by atoms with E-state index in [4.69, 9.17) is 73.2 Å². The molecule has 29 heteroatoms. The minimum Gasteiger partial charge on any atom is -0.455 e. The number of aromatic nitrogens is 3. The van der Waals surface area contributed by atoms with Crippen LogP contribution in [0.2, 0.25) is 5.02 Å². The van der Waals surface area contributed by atoms with Crippen molar-refractivity contribution in [3.8, 4) is 33.8 Å². The van der Waals surface area contributed by atoms with Crippen LogP contribution in [0.5, 0.6) is 11.5 Å². The molecule has 1 aliphatic rings. The van der Waals surface area contributed by atoms with Crippen molar-refractivity contribution in [3.05, 3.63) is 101 Å². The molecule has 1 aliphatic heterocycles. The van der Waals surface area contributed by atoms with Gasteiger partial charge < -0.3 is 71.8 Å². The number of likely N-dealkylation sites (tertiary alicyclic amines) is 1. The molecule has 5 aromatic rings. The Balaban J connectivity index is 0.765. The number of methoxy groups -OCH3 is 1. The molecule has 3 aromatic carbocycles. The van der Waals surface area contributed by atoms with Crippen molar-refractivity contribution >= 4 is 44.0 Å². The SMILES string of the molecule is COCCOCCOCCOCCOCCOCCOCCOCCOCCOCCOCCOCCC(=O)N1CCC(CCNCc2cc(-c3cc(-c4cccc(C(F)(F)F)c4)ccc3Oc3cc(F)c(S(=O)(=O)Nc4nncs4)cc3Cl)ccn2)CC1. The number of halogens is 5. The van der Waals surface area contributed by atoms with Crippen LogP contribution in [-0.2, 0) is 84.4 Å². The standard InChI is InChI=1S/C60H81ClF4N6O16S2/c1-75-17-18-77-21-22-79-25-26-81-29-30-83-33-34-85-37-38-86-36-35-84-32-31-82-28-27-80-24-23-78-20-19-76-16-11-58(72)71-14-9-46(10-15-71)7-12-66-44-51-40-49(8-13-67-51)52-41-48(47-3-2-4-50(39-47)60(63,64)65)5-6-55(52)87-56-43-54(62)57(42-53(56)61)89(73,74)70-59-69-68-45-88-59/h2-6,8,13,39-43,45-46,66H,7,9-12,14-38,44H2,1H3,(H,69,70). The average molecular weight is 1320 g/mol. The van der Waals surface area contributed by atoms with E-state index in [1.54, 1.807) is 43.6 Å². The zero-order valence-electron chi connectivity index (χ0n) is 50.0. The number of ether oxygens (including phenoxy) is 13. The van der Waals surface area contributed by atoms with Crippen LogP contribution in [-0.4, -0.2) is 213 Å². The normalized spacial score (nSPS) is 13.2. The molecule has 0 bridgehead atoms. The van der Waals surface area contributed by atoms with E-state index in [1.165, 1.54) is 17.6 Å². The second kappa shape index (κ2) is 42.1. The fraction of sp³-hybridized carbons (Fsp3) is 0.567. The molecule has 0 aliphatic carbocycles. The summed E-state index contributed by atoms with van der Waals surface area (Å²) >= 11 is 7.41. The molecule has 0 saturated carbocycles. The summed E-state index contributed by atoms with van der Waals surface area (Å²) in [6.45, 7) is 13.1. The maximum atomic E-state index is 15.5. The Morgan fingerprint density at radius 2 is 1.18 bits per heavy atom. The summed E-state index contributed by atoms with van der Waals surface area (Å²) in [7, 11) is -2.82.